The van der Waals surface area contributed by atoms with Crippen LogP contribution in [0.1, 0.15) is 71.4 Å². The number of carbonyl (C=O) groups excluding carboxylic acids is 2. The highest BCUT2D eigenvalue weighted by Gasteiger charge is 2.28. The first-order valence-corrected chi connectivity index (χ1v) is 11.0. The van der Waals surface area contributed by atoms with Crippen LogP contribution in [0.2, 0.25) is 0 Å². The summed E-state index contributed by atoms with van der Waals surface area (Å²) in [5.41, 5.74) is 1.07. The van der Waals surface area contributed by atoms with Crippen LogP contribution in [0, 0.1) is 0 Å². The number of aryl methyl sites for hydroxylation is 2. The second kappa shape index (κ2) is 12.0. The van der Waals surface area contributed by atoms with E-state index in [2.05, 4.69) is 6.92 Å². The van der Waals surface area contributed by atoms with E-state index in [1.165, 1.54) is 33.5 Å². The molecule has 0 spiro atoms. The zero-order valence-corrected chi connectivity index (χ0v) is 19.8. The minimum atomic E-state index is -0.921. The summed E-state index contributed by atoms with van der Waals surface area (Å²) in [6.07, 6.45) is 4.65. The lowest BCUT2D eigenvalue weighted by Gasteiger charge is -2.17. The maximum Gasteiger partial charge on any atom is 0.347 e. The molecule has 0 aliphatic heterocycles. The van der Waals surface area contributed by atoms with Gasteiger partial charge in [-0.1, -0.05) is 33.1 Å². The standard InChI is InChI=1S/C25H32O8/c1-6-8-9-11-16-13-20(31-4)23(22(27)21(16)25(29)32-5)33-24(28)17-12-15(10-7-2)19(30-3)14-18(17)26/h12-14,26-27H,6-11H2,1-5H3. The first kappa shape index (κ1) is 25.8. The molecule has 0 bridgehead atoms. The van der Waals surface area contributed by atoms with E-state index in [4.69, 9.17) is 18.9 Å². The summed E-state index contributed by atoms with van der Waals surface area (Å²) in [5.74, 6) is -2.35. The van der Waals surface area contributed by atoms with Gasteiger partial charge in [-0.25, -0.2) is 9.59 Å². The molecule has 0 amide bonds. The Kier molecular flexibility index (Phi) is 9.39. The maximum absolute atomic E-state index is 13.0. The van der Waals surface area contributed by atoms with Crippen molar-refractivity contribution in [2.45, 2.75) is 52.4 Å². The van der Waals surface area contributed by atoms with Gasteiger partial charge in [0.1, 0.15) is 22.6 Å². The Hall–Kier alpha value is -3.42. The third-order valence-corrected chi connectivity index (χ3v) is 5.29. The average Bonchev–Trinajstić information content (AvgIpc) is 2.81. The van der Waals surface area contributed by atoms with Gasteiger partial charge in [0.25, 0.3) is 0 Å². The third-order valence-electron chi connectivity index (χ3n) is 5.29. The molecule has 2 aromatic carbocycles. The van der Waals surface area contributed by atoms with Crippen molar-refractivity contribution in [3.05, 3.63) is 40.5 Å². The smallest absolute Gasteiger partial charge is 0.347 e. The van der Waals surface area contributed by atoms with Crippen molar-refractivity contribution in [3.8, 4) is 28.7 Å². The molecular weight excluding hydrogens is 428 g/mol. The first-order chi connectivity index (χ1) is 15.8. The van der Waals surface area contributed by atoms with Crippen molar-refractivity contribution in [1.29, 1.82) is 0 Å². The molecule has 0 radical (unpaired) electrons. The second-order valence-electron chi connectivity index (χ2n) is 7.56. The van der Waals surface area contributed by atoms with E-state index in [1.54, 1.807) is 6.07 Å². The zero-order chi connectivity index (χ0) is 24.5. The molecule has 0 aliphatic carbocycles. The number of phenols is 2. The molecule has 0 unspecified atom stereocenters. The monoisotopic (exact) mass is 460 g/mol. The zero-order valence-electron chi connectivity index (χ0n) is 19.8. The number of methoxy groups -OCH3 is 3. The highest BCUT2D eigenvalue weighted by Crippen LogP contribution is 2.43. The number of esters is 2. The van der Waals surface area contributed by atoms with Crippen molar-refractivity contribution >= 4 is 11.9 Å². The summed E-state index contributed by atoms with van der Waals surface area (Å²) in [5, 5.41) is 21.2. The van der Waals surface area contributed by atoms with Gasteiger partial charge in [0.15, 0.2) is 11.5 Å². The molecule has 33 heavy (non-hydrogen) atoms. The lowest BCUT2D eigenvalue weighted by Crippen LogP contribution is -2.13. The Morgan fingerprint density at radius 2 is 1.52 bits per heavy atom. The van der Waals surface area contributed by atoms with E-state index < -0.39 is 17.7 Å². The third kappa shape index (κ3) is 5.88. The summed E-state index contributed by atoms with van der Waals surface area (Å²) in [4.78, 5) is 25.4. The fourth-order valence-electron chi connectivity index (χ4n) is 3.60. The van der Waals surface area contributed by atoms with Gasteiger partial charge in [0.2, 0.25) is 5.75 Å². The van der Waals surface area contributed by atoms with E-state index in [0.717, 1.165) is 31.2 Å². The van der Waals surface area contributed by atoms with Crippen LogP contribution in [0.5, 0.6) is 28.7 Å². The summed E-state index contributed by atoms with van der Waals surface area (Å²) in [6, 6.07) is 4.39. The maximum atomic E-state index is 13.0. The lowest BCUT2D eigenvalue weighted by atomic mass is 9.99. The highest BCUT2D eigenvalue weighted by atomic mass is 16.6. The summed E-state index contributed by atoms with van der Waals surface area (Å²) in [7, 11) is 4.05. The van der Waals surface area contributed by atoms with Crippen molar-refractivity contribution in [2.24, 2.45) is 0 Å². The van der Waals surface area contributed by atoms with E-state index in [9.17, 15) is 19.8 Å². The molecule has 0 aliphatic rings. The Balaban J connectivity index is 2.53. The molecule has 0 saturated heterocycles. The molecule has 2 N–H and O–H groups in total. The van der Waals surface area contributed by atoms with E-state index in [1.807, 2.05) is 6.92 Å². The molecule has 0 heterocycles. The molecule has 0 fully saturated rings. The molecule has 2 aromatic rings. The van der Waals surface area contributed by atoms with Gasteiger partial charge in [-0.05, 0) is 42.5 Å². The average molecular weight is 461 g/mol. The minimum absolute atomic E-state index is 0.0807. The minimum Gasteiger partial charge on any atom is -0.507 e. The largest absolute Gasteiger partial charge is 0.507 e. The quantitative estimate of drug-likeness (QED) is 0.279. The number of rotatable bonds is 11. The second-order valence-corrected chi connectivity index (χ2v) is 7.56. The van der Waals surface area contributed by atoms with Crippen molar-refractivity contribution in [2.75, 3.05) is 21.3 Å². The Labute approximate surface area is 194 Å². The van der Waals surface area contributed by atoms with Crippen LogP contribution >= 0.6 is 0 Å². The van der Waals surface area contributed by atoms with Gasteiger partial charge in [-0.3, -0.25) is 0 Å². The molecule has 8 nitrogen and oxygen atoms in total. The van der Waals surface area contributed by atoms with Gasteiger partial charge >= 0.3 is 11.9 Å². The molecule has 0 atom stereocenters. The van der Waals surface area contributed by atoms with Crippen LogP contribution in [0.25, 0.3) is 0 Å². The fourth-order valence-corrected chi connectivity index (χ4v) is 3.60. The number of hydrogen-bond acceptors (Lipinski definition) is 8. The van der Waals surface area contributed by atoms with Gasteiger partial charge in [-0.15, -0.1) is 0 Å². The predicted octanol–water partition coefficient (Wildman–Crippen LogP) is 4.81. The number of hydrogen-bond donors (Lipinski definition) is 2. The van der Waals surface area contributed by atoms with Crippen LogP contribution in [0.15, 0.2) is 18.2 Å². The van der Waals surface area contributed by atoms with E-state index >= 15 is 0 Å². The summed E-state index contributed by atoms with van der Waals surface area (Å²) >= 11 is 0. The van der Waals surface area contributed by atoms with Crippen LogP contribution in [-0.2, 0) is 17.6 Å². The molecule has 0 aromatic heterocycles. The normalized spacial score (nSPS) is 10.6. The van der Waals surface area contributed by atoms with E-state index in [-0.39, 0.29) is 28.4 Å². The number of phenolic OH excluding ortho intramolecular Hbond substituents is 2. The number of unbranched alkanes of at least 4 members (excludes halogenated alkanes) is 2. The predicted molar refractivity (Wildman–Crippen MR) is 123 cm³/mol. The van der Waals surface area contributed by atoms with Crippen LogP contribution < -0.4 is 14.2 Å². The van der Waals surface area contributed by atoms with Gasteiger partial charge in [0.05, 0.1) is 21.3 Å². The number of ether oxygens (including phenoxy) is 4. The lowest BCUT2D eigenvalue weighted by molar-refractivity contribution is 0.0590. The molecule has 0 saturated carbocycles. The van der Waals surface area contributed by atoms with Crippen LogP contribution in [-0.4, -0.2) is 43.5 Å². The van der Waals surface area contributed by atoms with Crippen molar-refractivity contribution in [1.82, 2.24) is 0 Å². The van der Waals surface area contributed by atoms with Gasteiger partial charge in [0, 0.05) is 6.07 Å². The van der Waals surface area contributed by atoms with Crippen LogP contribution in [0.4, 0.5) is 0 Å². The Bertz CT molecular complexity index is 997. The number of aromatic hydroxyl groups is 2. The summed E-state index contributed by atoms with van der Waals surface area (Å²) in [6.45, 7) is 4.03. The topological polar surface area (TPSA) is 112 Å². The van der Waals surface area contributed by atoms with Crippen molar-refractivity contribution < 1.29 is 38.7 Å². The van der Waals surface area contributed by atoms with Crippen LogP contribution in [0.3, 0.4) is 0 Å². The number of carbonyl (C=O) groups is 2. The summed E-state index contributed by atoms with van der Waals surface area (Å²) < 4.78 is 20.9. The van der Waals surface area contributed by atoms with Gasteiger partial charge < -0.3 is 29.2 Å². The molecule has 8 heteroatoms. The highest BCUT2D eigenvalue weighted by molar-refractivity contribution is 5.98. The molecule has 2 rings (SSSR count). The van der Waals surface area contributed by atoms with Crippen molar-refractivity contribution in [3.63, 3.8) is 0 Å². The number of benzene rings is 2. The fraction of sp³-hybridized carbons (Fsp3) is 0.440. The Morgan fingerprint density at radius 1 is 0.818 bits per heavy atom. The van der Waals surface area contributed by atoms with E-state index in [0.29, 0.717) is 24.2 Å². The Morgan fingerprint density at radius 3 is 2.09 bits per heavy atom. The molecule has 180 valence electrons. The molecular formula is C25H32O8. The SMILES string of the molecule is CCCCCc1cc(OC)c(OC(=O)c2cc(CCC)c(OC)cc2O)c(O)c1C(=O)OC. The first-order valence-electron chi connectivity index (χ1n) is 11.0. The van der Waals surface area contributed by atoms with Gasteiger partial charge in [-0.2, -0.15) is 0 Å².